The first-order valence-corrected chi connectivity index (χ1v) is 5.74. The molecule has 0 unspecified atom stereocenters. The Morgan fingerprint density at radius 2 is 2.25 bits per heavy atom. The summed E-state index contributed by atoms with van der Waals surface area (Å²) in [6.07, 6.45) is 2.77. The number of nitrogens with zero attached hydrogens (tertiary/aromatic N) is 1. The molecule has 0 aliphatic carbocycles. The molecule has 0 fully saturated rings. The van der Waals surface area contributed by atoms with Crippen molar-refractivity contribution >= 4 is 28.3 Å². The van der Waals surface area contributed by atoms with Crippen LogP contribution in [0, 0.1) is 0 Å². The molecular formula is C12H12ClN3. The molecule has 0 saturated carbocycles. The van der Waals surface area contributed by atoms with E-state index in [1.54, 1.807) is 0 Å². The van der Waals surface area contributed by atoms with E-state index >= 15 is 0 Å². The Balaban J connectivity index is 2.03. The van der Waals surface area contributed by atoms with E-state index in [4.69, 9.17) is 11.6 Å². The Morgan fingerprint density at radius 1 is 1.31 bits per heavy atom. The molecule has 2 aromatic rings. The van der Waals surface area contributed by atoms with Gasteiger partial charge in [-0.25, -0.2) is 0 Å². The third kappa shape index (κ3) is 1.57. The third-order valence-electron chi connectivity index (χ3n) is 2.86. The zero-order chi connectivity index (χ0) is 11.0. The quantitative estimate of drug-likeness (QED) is 0.822. The predicted molar refractivity (Wildman–Crippen MR) is 67.3 cm³/mol. The summed E-state index contributed by atoms with van der Waals surface area (Å²) >= 11 is 6.11. The average Bonchev–Trinajstić information content (AvgIpc) is 2.92. The Morgan fingerprint density at radius 3 is 3.06 bits per heavy atom. The van der Waals surface area contributed by atoms with Crippen LogP contribution in [-0.4, -0.2) is 23.9 Å². The van der Waals surface area contributed by atoms with E-state index in [9.17, 15) is 0 Å². The van der Waals surface area contributed by atoms with Gasteiger partial charge in [-0.05, 0) is 17.7 Å². The Labute approximate surface area is 98.5 Å². The molecule has 16 heavy (non-hydrogen) atoms. The molecule has 1 aromatic heterocycles. The van der Waals surface area contributed by atoms with E-state index in [0.717, 1.165) is 35.9 Å². The summed E-state index contributed by atoms with van der Waals surface area (Å²) in [5.74, 6) is 1.07. The number of H-pyrrole nitrogens is 1. The molecule has 4 heteroatoms. The molecule has 1 aliphatic rings. The van der Waals surface area contributed by atoms with E-state index in [1.165, 1.54) is 10.9 Å². The predicted octanol–water partition coefficient (Wildman–Crippen LogP) is 2.37. The Bertz CT molecular complexity index is 556. The van der Waals surface area contributed by atoms with Gasteiger partial charge in [-0.1, -0.05) is 17.7 Å². The summed E-state index contributed by atoms with van der Waals surface area (Å²) in [5, 5.41) is 5.24. The van der Waals surface area contributed by atoms with Crippen LogP contribution in [0.2, 0.25) is 5.02 Å². The van der Waals surface area contributed by atoms with Crippen molar-refractivity contribution in [1.82, 2.24) is 10.3 Å². The van der Waals surface area contributed by atoms with Gasteiger partial charge in [0, 0.05) is 24.5 Å². The lowest BCUT2D eigenvalue weighted by molar-refractivity contribution is 0.954. The van der Waals surface area contributed by atoms with Crippen LogP contribution in [0.3, 0.4) is 0 Å². The van der Waals surface area contributed by atoms with Gasteiger partial charge in [0.2, 0.25) is 0 Å². The first-order valence-electron chi connectivity index (χ1n) is 5.36. The van der Waals surface area contributed by atoms with Gasteiger partial charge in [-0.15, -0.1) is 0 Å². The SMILES string of the molecule is Clc1ccc(CC2=NCCN2)c2cc[nH]c12. The second-order valence-electron chi connectivity index (χ2n) is 3.90. The molecule has 2 N–H and O–H groups in total. The number of aromatic amines is 1. The van der Waals surface area contributed by atoms with E-state index in [2.05, 4.69) is 27.4 Å². The fourth-order valence-electron chi connectivity index (χ4n) is 2.08. The highest BCUT2D eigenvalue weighted by molar-refractivity contribution is 6.35. The molecule has 0 radical (unpaired) electrons. The monoisotopic (exact) mass is 233 g/mol. The van der Waals surface area contributed by atoms with Crippen LogP contribution in [0.5, 0.6) is 0 Å². The van der Waals surface area contributed by atoms with Crippen molar-refractivity contribution in [3.63, 3.8) is 0 Å². The number of hydrogen-bond acceptors (Lipinski definition) is 2. The van der Waals surface area contributed by atoms with Crippen LogP contribution in [-0.2, 0) is 6.42 Å². The summed E-state index contributed by atoms with van der Waals surface area (Å²) in [4.78, 5) is 7.57. The summed E-state index contributed by atoms with van der Waals surface area (Å²) in [5.41, 5.74) is 2.27. The van der Waals surface area contributed by atoms with Crippen LogP contribution in [0.1, 0.15) is 5.56 Å². The zero-order valence-corrected chi connectivity index (χ0v) is 9.51. The van der Waals surface area contributed by atoms with Crippen LogP contribution in [0.4, 0.5) is 0 Å². The first-order chi connectivity index (χ1) is 7.84. The van der Waals surface area contributed by atoms with Crippen LogP contribution in [0.15, 0.2) is 29.4 Å². The largest absolute Gasteiger partial charge is 0.372 e. The minimum atomic E-state index is 0.769. The normalized spacial score (nSPS) is 15.2. The van der Waals surface area contributed by atoms with Crippen molar-refractivity contribution in [1.29, 1.82) is 0 Å². The molecule has 3 nitrogen and oxygen atoms in total. The lowest BCUT2D eigenvalue weighted by Crippen LogP contribution is -2.20. The Hall–Kier alpha value is -1.48. The van der Waals surface area contributed by atoms with Crippen LogP contribution < -0.4 is 5.32 Å². The molecule has 0 bridgehead atoms. The van der Waals surface area contributed by atoms with Crippen LogP contribution in [0.25, 0.3) is 10.9 Å². The van der Waals surface area contributed by atoms with Crippen molar-refractivity contribution < 1.29 is 0 Å². The van der Waals surface area contributed by atoms with Gasteiger partial charge in [-0.3, -0.25) is 4.99 Å². The lowest BCUT2D eigenvalue weighted by Gasteiger charge is -2.05. The minimum Gasteiger partial charge on any atom is -0.372 e. The van der Waals surface area contributed by atoms with E-state index in [-0.39, 0.29) is 0 Å². The topological polar surface area (TPSA) is 40.2 Å². The molecule has 0 amide bonds. The molecular weight excluding hydrogens is 222 g/mol. The van der Waals surface area contributed by atoms with Gasteiger partial charge in [-0.2, -0.15) is 0 Å². The van der Waals surface area contributed by atoms with Crippen LogP contribution >= 0.6 is 11.6 Å². The third-order valence-corrected chi connectivity index (χ3v) is 3.18. The van der Waals surface area contributed by atoms with Crippen molar-refractivity contribution in [2.45, 2.75) is 6.42 Å². The second-order valence-corrected chi connectivity index (χ2v) is 4.31. The molecule has 1 aliphatic heterocycles. The highest BCUT2D eigenvalue weighted by Gasteiger charge is 2.10. The molecule has 0 spiro atoms. The zero-order valence-electron chi connectivity index (χ0n) is 8.76. The number of benzene rings is 1. The number of halogens is 1. The average molecular weight is 234 g/mol. The number of aliphatic imine (C=N–C) groups is 1. The van der Waals surface area contributed by atoms with Crippen molar-refractivity contribution in [2.75, 3.05) is 13.1 Å². The van der Waals surface area contributed by atoms with E-state index in [0.29, 0.717) is 0 Å². The van der Waals surface area contributed by atoms with Crippen molar-refractivity contribution in [2.24, 2.45) is 4.99 Å². The number of hydrogen-bond donors (Lipinski definition) is 2. The molecule has 0 atom stereocenters. The summed E-state index contributed by atoms with van der Waals surface area (Å²) < 4.78 is 0. The van der Waals surface area contributed by atoms with Gasteiger partial charge >= 0.3 is 0 Å². The minimum absolute atomic E-state index is 0.769. The van der Waals surface area contributed by atoms with Gasteiger partial charge in [0.1, 0.15) is 5.84 Å². The van der Waals surface area contributed by atoms with Gasteiger partial charge in [0.05, 0.1) is 17.1 Å². The molecule has 2 heterocycles. The maximum atomic E-state index is 6.11. The van der Waals surface area contributed by atoms with Gasteiger partial charge in [0.25, 0.3) is 0 Å². The lowest BCUT2D eigenvalue weighted by atomic mass is 10.1. The summed E-state index contributed by atoms with van der Waals surface area (Å²) in [7, 11) is 0. The van der Waals surface area contributed by atoms with Crippen molar-refractivity contribution in [3.05, 3.63) is 35.0 Å². The number of rotatable bonds is 2. The smallest absolute Gasteiger partial charge is 0.101 e. The molecule has 1 aromatic carbocycles. The maximum absolute atomic E-state index is 6.11. The molecule has 3 rings (SSSR count). The number of aromatic nitrogens is 1. The Kier molecular flexibility index (Phi) is 2.33. The summed E-state index contributed by atoms with van der Waals surface area (Å²) in [6.45, 7) is 1.85. The highest BCUT2D eigenvalue weighted by Crippen LogP contribution is 2.25. The number of amidine groups is 1. The second kappa shape index (κ2) is 3.83. The summed E-state index contributed by atoms with van der Waals surface area (Å²) in [6, 6.07) is 6.07. The molecule has 82 valence electrons. The fraction of sp³-hybridized carbons (Fsp3) is 0.250. The number of nitrogens with one attached hydrogen (secondary N) is 2. The van der Waals surface area contributed by atoms with Crippen molar-refractivity contribution in [3.8, 4) is 0 Å². The maximum Gasteiger partial charge on any atom is 0.101 e. The fourth-order valence-corrected chi connectivity index (χ4v) is 2.30. The van der Waals surface area contributed by atoms with Gasteiger partial charge < -0.3 is 10.3 Å². The standard InChI is InChI=1S/C12H12ClN3/c13-10-2-1-8(7-11-14-5-6-15-11)9-3-4-16-12(9)10/h1-4,16H,5-7H2,(H,14,15). The first kappa shape index (κ1) is 9.73. The van der Waals surface area contributed by atoms with E-state index in [1.807, 2.05) is 12.3 Å². The van der Waals surface area contributed by atoms with E-state index < -0.39 is 0 Å². The number of fused-ring (bicyclic) bond motifs is 1. The molecule has 0 saturated heterocycles. The highest BCUT2D eigenvalue weighted by atomic mass is 35.5. The van der Waals surface area contributed by atoms with Gasteiger partial charge in [0.15, 0.2) is 0 Å².